The average molecular weight is 171 g/mol. The minimum Gasteiger partial charge on any atom is -0.459 e. The second-order valence-corrected chi connectivity index (χ2v) is 2.89. The number of ether oxygens (including phenoxy) is 1. The lowest BCUT2D eigenvalue weighted by atomic mass is 10.1. The molecule has 0 aromatic carbocycles. The van der Waals surface area contributed by atoms with Gasteiger partial charge in [0.25, 0.3) is 0 Å². The fourth-order valence-corrected chi connectivity index (χ4v) is 1.04. The molecule has 0 unspecified atom stereocenters. The Kier molecular flexibility index (Phi) is 2.68. The molecule has 0 N–H and O–H groups in total. The minimum absolute atomic E-state index is 0.0406. The topological polar surface area (TPSA) is 46.6 Å². The van der Waals surface area contributed by atoms with Crippen molar-refractivity contribution in [1.82, 2.24) is 4.90 Å². The van der Waals surface area contributed by atoms with E-state index in [4.69, 9.17) is 4.74 Å². The molecule has 0 saturated carbocycles. The Bertz CT molecular complexity index is 196. The molecule has 0 bridgehead atoms. The quantitative estimate of drug-likeness (QED) is 0.556. The van der Waals surface area contributed by atoms with Gasteiger partial charge >= 0.3 is 5.97 Å². The van der Waals surface area contributed by atoms with Crippen LogP contribution >= 0.6 is 0 Å². The third kappa shape index (κ3) is 1.96. The molecule has 4 heteroatoms. The normalized spacial score (nSPS) is 17.0. The van der Waals surface area contributed by atoms with Crippen LogP contribution in [0.3, 0.4) is 0 Å². The molecule has 0 spiro atoms. The maximum atomic E-state index is 10.8. The number of carbonyl (C=O) groups excluding carboxylic acids is 2. The lowest BCUT2D eigenvalue weighted by Crippen LogP contribution is -2.54. The highest BCUT2D eigenvalue weighted by Crippen LogP contribution is 2.11. The highest BCUT2D eigenvalue weighted by atomic mass is 16.5. The summed E-state index contributed by atoms with van der Waals surface area (Å²) in [7, 11) is 0. The van der Waals surface area contributed by atoms with E-state index in [1.807, 2.05) is 0 Å². The number of likely N-dealkylation sites (tertiary alicyclic amines) is 1. The predicted molar refractivity (Wildman–Crippen MR) is 42.4 cm³/mol. The van der Waals surface area contributed by atoms with Crippen LogP contribution in [0, 0.1) is 0 Å². The van der Waals surface area contributed by atoms with E-state index in [-0.39, 0.29) is 18.0 Å². The Hall–Kier alpha value is -1.06. The van der Waals surface area contributed by atoms with Gasteiger partial charge in [-0.2, -0.15) is 0 Å². The largest absolute Gasteiger partial charge is 0.459 e. The summed E-state index contributed by atoms with van der Waals surface area (Å²) < 4.78 is 4.98. The Morgan fingerprint density at radius 2 is 2.08 bits per heavy atom. The van der Waals surface area contributed by atoms with E-state index in [9.17, 15) is 9.59 Å². The number of nitrogens with zero attached hydrogens (tertiary/aromatic N) is 1. The second-order valence-electron chi connectivity index (χ2n) is 2.89. The molecule has 68 valence electrons. The molecule has 12 heavy (non-hydrogen) atoms. The summed E-state index contributed by atoms with van der Waals surface area (Å²) in [4.78, 5) is 23.1. The Labute approximate surface area is 71.5 Å². The second kappa shape index (κ2) is 3.56. The molecule has 1 aliphatic rings. The van der Waals surface area contributed by atoms with Gasteiger partial charge in [-0.3, -0.25) is 9.59 Å². The molecule has 1 amide bonds. The zero-order valence-electron chi connectivity index (χ0n) is 7.37. The van der Waals surface area contributed by atoms with E-state index < -0.39 is 0 Å². The van der Waals surface area contributed by atoms with E-state index in [1.165, 1.54) is 6.92 Å². The van der Waals surface area contributed by atoms with Gasteiger partial charge in [0.05, 0.1) is 13.1 Å². The molecule has 1 saturated heterocycles. The summed E-state index contributed by atoms with van der Waals surface area (Å²) in [6, 6.07) is 0. The van der Waals surface area contributed by atoms with Crippen LogP contribution in [-0.4, -0.2) is 36.0 Å². The summed E-state index contributed by atoms with van der Waals surface area (Å²) in [6.07, 6.45) is 0.331. The maximum Gasteiger partial charge on any atom is 0.305 e. The lowest BCUT2D eigenvalue weighted by molar-refractivity contribution is -0.162. The molecule has 0 aliphatic carbocycles. The summed E-state index contributed by atoms with van der Waals surface area (Å²) in [5.74, 6) is -0.151. The molecule has 0 radical (unpaired) electrons. The molecule has 4 nitrogen and oxygen atoms in total. The van der Waals surface area contributed by atoms with Gasteiger partial charge in [0.1, 0.15) is 6.10 Å². The van der Waals surface area contributed by atoms with Crippen LogP contribution < -0.4 is 0 Å². The van der Waals surface area contributed by atoms with Gasteiger partial charge < -0.3 is 9.64 Å². The first kappa shape index (κ1) is 9.03. The molecule has 1 heterocycles. The van der Waals surface area contributed by atoms with Gasteiger partial charge in [-0.15, -0.1) is 0 Å². The van der Waals surface area contributed by atoms with Crippen molar-refractivity contribution in [2.45, 2.75) is 26.4 Å². The minimum atomic E-state index is -0.191. The number of amides is 1. The van der Waals surface area contributed by atoms with E-state index in [2.05, 4.69) is 0 Å². The van der Waals surface area contributed by atoms with Gasteiger partial charge in [-0.25, -0.2) is 0 Å². The van der Waals surface area contributed by atoms with Crippen molar-refractivity contribution in [1.29, 1.82) is 0 Å². The van der Waals surface area contributed by atoms with E-state index >= 15 is 0 Å². The van der Waals surface area contributed by atoms with Gasteiger partial charge in [-0.1, -0.05) is 6.92 Å². The van der Waals surface area contributed by atoms with Crippen LogP contribution in [0.1, 0.15) is 20.3 Å². The number of rotatable bonds is 2. The van der Waals surface area contributed by atoms with Gasteiger partial charge in [-0.05, 0) is 0 Å². The van der Waals surface area contributed by atoms with Crippen LogP contribution in [0.2, 0.25) is 0 Å². The first-order valence-electron chi connectivity index (χ1n) is 4.08. The fourth-order valence-electron chi connectivity index (χ4n) is 1.04. The van der Waals surface area contributed by atoms with Crippen molar-refractivity contribution in [2.24, 2.45) is 0 Å². The zero-order valence-corrected chi connectivity index (χ0v) is 7.37. The van der Waals surface area contributed by atoms with Crippen molar-refractivity contribution in [2.75, 3.05) is 13.1 Å². The van der Waals surface area contributed by atoms with Crippen LogP contribution in [0.15, 0.2) is 0 Å². The summed E-state index contributed by atoms with van der Waals surface area (Å²) >= 11 is 0. The standard InChI is InChI=1S/C8H13NO3/c1-3-8(11)12-7-4-9(5-7)6(2)10/h7H,3-5H2,1-2H3. The first-order chi connectivity index (χ1) is 5.63. The van der Waals surface area contributed by atoms with Crippen LogP contribution in [-0.2, 0) is 14.3 Å². The monoisotopic (exact) mass is 171 g/mol. The number of hydrogen-bond acceptors (Lipinski definition) is 3. The third-order valence-electron chi connectivity index (χ3n) is 1.88. The molecule has 1 rings (SSSR count). The van der Waals surface area contributed by atoms with Crippen LogP contribution in [0.4, 0.5) is 0 Å². The van der Waals surface area contributed by atoms with Crippen molar-refractivity contribution < 1.29 is 14.3 Å². The van der Waals surface area contributed by atoms with Crippen molar-refractivity contribution in [3.63, 3.8) is 0 Å². The lowest BCUT2D eigenvalue weighted by Gasteiger charge is -2.37. The van der Waals surface area contributed by atoms with Crippen molar-refractivity contribution >= 4 is 11.9 Å². The zero-order chi connectivity index (χ0) is 9.14. The fraction of sp³-hybridized carbons (Fsp3) is 0.750. The molecule has 0 aromatic rings. The summed E-state index contributed by atoms with van der Waals surface area (Å²) in [6.45, 7) is 4.38. The average Bonchev–Trinajstić information content (AvgIpc) is 1.94. The highest BCUT2D eigenvalue weighted by molar-refractivity contribution is 5.74. The number of carbonyl (C=O) groups is 2. The van der Waals surface area contributed by atoms with Crippen LogP contribution in [0.5, 0.6) is 0 Å². The predicted octanol–water partition coefficient (Wildman–Crippen LogP) is 0.170. The molecule has 0 aromatic heterocycles. The third-order valence-corrected chi connectivity index (χ3v) is 1.88. The maximum absolute atomic E-state index is 10.8. The molecule has 1 aliphatic heterocycles. The van der Waals surface area contributed by atoms with Gasteiger partial charge in [0.15, 0.2) is 0 Å². The molecular formula is C8H13NO3. The van der Waals surface area contributed by atoms with E-state index in [0.717, 1.165) is 0 Å². The smallest absolute Gasteiger partial charge is 0.305 e. The molecule has 0 atom stereocenters. The Morgan fingerprint density at radius 1 is 1.50 bits per heavy atom. The Morgan fingerprint density at radius 3 is 2.50 bits per heavy atom. The van der Waals surface area contributed by atoms with Crippen molar-refractivity contribution in [3.8, 4) is 0 Å². The Balaban J connectivity index is 2.17. The summed E-state index contributed by atoms with van der Waals surface area (Å²) in [5, 5.41) is 0. The summed E-state index contributed by atoms with van der Waals surface area (Å²) in [5.41, 5.74) is 0. The first-order valence-corrected chi connectivity index (χ1v) is 4.08. The van der Waals surface area contributed by atoms with Gasteiger partial charge in [0.2, 0.25) is 5.91 Å². The molecule has 1 fully saturated rings. The van der Waals surface area contributed by atoms with Crippen LogP contribution in [0.25, 0.3) is 0 Å². The SMILES string of the molecule is CCC(=O)OC1CN(C(C)=O)C1. The number of hydrogen-bond donors (Lipinski definition) is 0. The van der Waals surface area contributed by atoms with E-state index in [1.54, 1.807) is 11.8 Å². The molecular weight excluding hydrogens is 158 g/mol. The number of esters is 1. The van der Waals surface area contributed by atoms with Gasteiger partial charge in [0, 0.05) is 13.3 Å². The highest BCUT2D eigenvalue weighted by Gasteiger charge is 2.30. The van der Waals surface area contributed by atoms with Crippen molar-refractivity contribution in [3.05, 3.63) is 0 Å². The van der Waals surface area contributed by atoms with E-state index in [0.29, 0.717) is 19.5 Å².